The van der Waals surface area contributed by atoms with Crippen LogP contribution in [0.15, 0.2) is 0 Å². The predicted molar refractivity (Wildman–Crippen MR) is 133 cm³/mol. The quantitative estimate of drug-likeness (QED) is 0.392. The first-order valence-electron chi connectivity index (χ1n) is 14.3. The van der Waals surface area contributed by atoms with E-state index in [1.807, 2.05) is 0 Å². The normalized spacial score (nSPS) is 46.0. The van der Waals surface area contributed by atoms with Crippen LogP contribution in [0.3, 0.4) is 0 Å². The fraction of sp³-hybridized carbons (Fsp3) is 1.00. The molecule has 0 heterocycles. The van der Waals surface area contributed by atoms with Gasteiger partial charge in [0.2, 0.25) is 0 Å². The van der Waals surface area contributed by atoms with Crippen molar-refractivity contribution in [3.05, 3.63) is 0 Å². The fourth-order valence-electron chi connectivity index (χ4n) is 9.75. The van der Waals surface area contributed by atoms with Crippen molar-refractivity contribution < 1.29 is 4.74 Å². The molecular formula is C30H54O. The number of hydrogen-bond donors (Lipinski definition) is 0. The summed E-state index contributed by atoms with van der Waals surface area (Å²) in [5, 5.41) is 0. The molecule has 4 aliphatic carbocycles. The minimum Gasteiger partial charge on any atom is -0.376 e. The summed E-state index contributed by atoms with van der Waals surface area (Å²) in [4.78, 5) is 0. The SMILES string of the molecule is CC(C)CCC[C@@H](C)[C@H]1CC[C@H]2[C@@H]3CCC4CC(OC(C)C)CC[C@]4(C)[C@H]3CC[C@]12C. The van der Waals surface area contributed by atoms with E-state index in [2.05, 4.69) is 48.5 Å². The summed E-state index contributed by atoms with van der Waals surface area (Å²) in [6.45, 7) is 17.3. The van der Waals surface area contributed by atoms with Crippen LogP contribution in [0.2, 0.25) is 0 Å². The summed E-state index contributed by atoms with van der Waals surface area (Å²) < 4.78 is 6.29. The predicted octanol–water partition coefficient (Wildman–Crippen LogP) is 8.90. The maximum atomic E-state index is 6.29. The Hall–Kier alpha value is -0.0400. The van der Waals surface area contributed by atoms with E-state index in [9.17, 15) is 0 Å². The lowest BCUT2D eigenvalue weighted by Crippen LogP contribution is -2.54. The van der Waals surface area contributed by atoms with Crippen LogP contribution in [-0.4, -0.2) is 12.2 Å². The molecule has 0 radical (unpaired) electrons. The molecule has 9 atom stereocenters. The lowest BCUT2D eigenvalue weighted by molar-refractivity contribution is -0.142. The summed E-state index contributed by atoms with van der Waals surface area (Å²) in [5.41, 5.74) is 1.24. The number of fused-ring (bicyclic) bond motifs is 5. The Balaban J connectivity index is 1.43. The minimum atomic E-state index is 0.388. The molecule has 4 rings (SSSR count). The highest BCUT2D eigenvalue weighted by atomic mass is 16.5. The Bertz CT molecular complexity index is 595. The molecule has 0 aromatic rings. The Morgan fingerprint density at radius 3 is 2.19 bits per heavy atom. The van der Waals surface area contributed by atoms with Gasteiger partial charge >= 0.3 is 0 Å². The van der Waals surface area contributed by atoms with Crippen molar-refractivity contribution >= 4 is 0 Å². The van der Waals surface area contributed by atoms with E-state index in [4.69, 9.17) is 4.74 Å². The number of rotatable bonds is 7. The molecule has 2 unspecified atom stereocenters. The van der Waals surface area contributed by atoms with E-state index in [-0.39, 0.29) is 0 Å². The second kappa shape index (κ2) is 9.31. The van der Waals surface area contributed by atoms with Crippen LogP contribution < -0.4 is 0 Å². The molecule has 0 aromatic carbocycles. The smallest absolute Gasteiger partial charge is 0.0581 e. The van der Waals surface area contributed by atoms with E-state index >= 15 is 0 Å². The molecule has 1 heteroatoms. The summed E-state index contributed by atoms with van der Waals surface area (Å²) >= 11 is 0. The molecule has 0 bridgehead atoms. The van der Waals surface area contributed by atoms with Gasteiger partial charge in [-0.15, -0.1) is 0 Å². The van der Waals surface area contributed by atoms with Crippen LogP contribution in [0.5, 0.6) is 0 Å². The molecule has 0 spiro atoms. The van der Waals surface area contributed by atoms with E-state index in [1.54, 1.807) is 0 Å². The molecule has 4 fully saturated rings. The van der Waals surface area contributed by atoms with Gasteiger partial charge in [0.25, 0.3) is 0 Å². The van der Waals surface area contributed by atoms with Gasteiger partial charge in [0.1, 0.15) is 0 Å². The third-order valence-corrected chi connectivity index (χ3v) is 11.3. The summed E-state index contributed by atoms with van der Waals surface area (Å²) in [7, 11) is 0. The lowest BCUT2D eigenvalue weighted by Gasteiger charge is -2.61. The second-order valence-corrected chi connectivity index (χ2v) is 13.8. The number of hydrogen-bond acceptors (Lipinski definition) is 1. The third kappa shape index (κ3) is 4.52. The molecule has 0 amide bonds. The number of ether oxygens (including phenoxy) is 1. The van der Waals surface area contributed by atoms with E-state index < -0.39 is 0 Å². The van der Waals surface area contributed by atoms with Crippen LogP contribution in [0.25, 0.3) is 0 Å². The Morgan fingerprint density at radius 2 is 1.48 bits per heavy atom. The van der Waals surface area contributed by atoms with Gasteiger partial charge in [-0.05, 0) is 124 Å². The van der Waals surface area contributed by atoms with Crippen molar-refractivity contribution in [3.63, 3.8) is 0 Å². The van der Waals surface area contributed by atoms with Crippen molar-refractivity contribution in [2.24, 2.45) is 52.3 Å². The fourth-order valence-corrected chi connectivity index (χ4v) is 9.75. The van der Waals surface area contributed by atoms with Crippen molar-refractivity contribution in [3.8, 4) is 0 Å². The van der Waals surface area contributed by atoms with E-state index in [0.717, 1.165) is 41.4 Å². The van der Waals surface area contributed by atoms with E-state index in [0.29, 0.717) is 23.0 Å². The topological polar surface area (TPSA) is 9.23 Å². The van der Waals surface area contributed by atoms with Crippen LogP contribution >= 0.6 is 0 Å². The van der Waals surface area contributed by atoms with Crippen LogP contribution in [-0.2, 0) is 4.74 Å². The van der Waals surface area contributed by atoms with Gasteiger partial charge in [-0.1, -0.05) is 53.9 Å². The van der Waals surface area contributed by atoms with Gasteiger partial charge in [-0.25, -0.2) is 0 Å². The highest BCUT2D eigenvalue weighted by molar-refractivity contribution is 5.09. The zero-order valence-electron chi connectivity index (χ0n) is 22.1. The van der Waals surface area contributed by atoms with E-state index in [1.165, 1.54) is 77.0 Å². The van der Waals surface area contributed by atoms with Gasteiger partial charge in [-0.3, -0.25) is 0 Å². The highest BCUT2D eigenvalue weighted by Gasteiger charge is 2.60. The Morgan fingerprint density at radius 1 is 0.774 bits per heavy atom. The van der Waals surface area contributed by atoms with Crippen LogP contribution in [0.1, 0.15) is 126 Å². The summed E-state index contributed by atoms with van der Waals surface area (Å²) in [6.07, 6.45) is 18.4. The standard InChI is InChI=1S/C30H54O/c1-20(2)9-8-10-22(5)26-13-14-27-25-12-11-23-19-24(31-21(3)4)15-17-29(23,6)28(25)16-18-30(26,27)7/h20-28H,8-19H2,1-7H3/t22-,23?,24?,25+,26-,27+,28+,29+,30-/m1/s1. The summed E-state index contributed by atoms with van der Waals surface area (Å²) in [5.74, 6) is 6.75. The largest absolute Gasteiger partial charge is 0.376 e. The maximum Gasteiger partial charge on any atom is 0.0581 e. The van der Waals surface area contributed by atoms with Crippen molar-refractivity contribution in [2.45, 2.75) is 138 Å². The second-order valence-electron chi connectivity index (χ2n) is 13.8. The first-order chi connectivity index (χ1) is 14.6. The Kier molecular flexibility index (Phi) is 7.23. The van der Waals surface area contributed by atoms with Crippen LogP contribution in [0.4, 0.5) is 0 Å². The molecule has 0 saturated heterocycles. The van der Waals surface area contributed by atoms with Gasteiger partial charge in [0.05, 0.1) is 12.2 Å². The van der Waals surface area contributed by atoms with Gasteiger partial charge < -0.3 is 4.74 Å². The first-order valence-corrected chi connectivity index (χ1v) is 14.3. The molecule has 4 aliphatic rings. The minimum absolute atomic E-state index is 0.388. The van der Waals surface area contributed by atoms with Gasteiger partial charge in [0.15, 0.2) is 0 Å². The highest BCUT2D eigenvalue weighted by Crippen LogP contribution is 2.68. The zero-order chi connectivity index (χ0) is 22.4. The van der Waals surface area contributed by atoms with Crippen LogP contribution in [0, 0.1) is 52.3 Å². The molecular weight excluding hydrogens is 376 g/mol. The average Bonchev–Trinajstić information content (AvgIpc) is 3.05. The molecule has 180 valence electrons. The van der Waals surface area contributed by atoms with Crippen molar-refractivity contribution in [2.75, 3.05) is 0 Å². The molecule has 0 aliphatic heterocycles. The molecule has 0 aromatic heterocycles. The monoisotopic (exact) mass is 430 g/mol. The van der Waals surface area contributed by atoms with Gasteiger partial charge in [-0.2, -0.15) is 0 Å². The average molecular weight is 431 g/mol. The first kappa shape index (κ1) is 24.1. The van der Waals surface area contributed by atoms with Crippen molar-refractivity contribution in [1.82, 2.24) is 0 Å². The lowest BCUT2D eigenvalue weighted by atomic mass is 9.44. The zero-order valence-corrected chi connectivity index (χ0v) is 22.1. The molecule has 31 heavy (non-hydrogen) atoms. The third-order valence-electron chi connectivity index (χ3n) is 11.3. The molecule has 1 nitrogen and oxygen atoms in total. The molecule has 4 saturated carbocycles. The van der Waals surface area contributed by atoms with Crippen molar-refractivity contribution in [1.29, 1.82) is 0 Å². The maximum absolute atomic E-state index is 6.29. The summed E-state index contributed by atoms with van der Waals surface area (Å²) in [6, 6.07) is 0. The van der Waals surface area contributed by atoms with Gasteiger partial charge in [0, 0.05) is 0 Å². The molecule has 0 N–H and O–H groups in total. The Labute approximate surface area is 194 Å².